The third kappa shape index (κ3) is 4.29. The lowest BCUT2D eigenvalue weighted by atomic mass is 9.76. The number of esters is 1. The van der Waals surface area contributed by atoms with Crippen LogP contribution in [0.2, 0.25) is 0 Å². The molecule has 33 heavy (non-hydrogen) atoms. The minimum Gasteiger partial charge on any atom is -0.465 e. The van der Waals surface area contributed by atoms with Gasteiger partial charge in [0.2, 0.25) is 0 Å². The zero-order chi connectivity index (χ0) is 23.5. The number of aromatic amines is 1. The predicted molar refractivity (Wildman–Crippen MR) is 127 cm³/mol. The van der Waals surface area contributed by atoms with Crippen LogP contribution in [0.3, 0.4) is 0 Å². The van der Waals surface area contributed by atoms with Gasteiger partial charge in [-0.3, -0.25) is 14.6 Å². The maximum Gasteiger partial charge on any atom is 0.334 e. The third-order valence-electron chi connectivity index (χ3n) is 5.57. The molecule has 2 aromatic carbocycles. The molecule has 0 aliphatic carbocycles. The number of ether oxygens (including phenoxy) is 1. The largest absolute Gasteiger partial charge is 0.465 e. The molecule has 2 heterocycles. The highest BCUT2D eigenvalue weighted by Crippen LogP contribution is 2.41. The van der Waals surface area contributed by atoms with Gasteiger partial charge >= 0.3 is 11.7 Å². The maximum absolute atomic E-state index is 13.2. The first-order valence-electron chi connectivity index (χ1n) is 10.8. The van der Waals surface area contributed by atoms with Crippen LogP contribution in [0.15, 0.2) is 75.2 Å². The molecule has 0 saturated heterocycles. The molecule has 0 fully saturated rings. The lowest BCUT2D eigenvalue weighted by molar-refractivity contribution is -0.146. The molecular formula is C25H26N4O4. The number of rotatable bonds is 6. The van der Waals surface area contributed by atoms with E-state index < -0.39 is 29.1 Å². The second-order valence-corrected chi connectivity index (χ2v) is 8.13. The Kier molecular flexibility index (Phi) is 6.37. The van der Waals surface area contributed by atoms with E-state index in [4.69, 9.17) is 9.73 Å². The van der Waals surface area contributed by atoms with E-state index in [9.17, 15) is 14.4 Å². The minimum atomic E-state index is -0.801. The van der Waals surface area contributed by atoms with Crippen LogP contribution in [0, 0.1) is 5.92 Å². The molecule has 3 aromatic rings. The number of carbonyl (C=O) groups excluding carboxylic acids is 1. The van der Waals surface area contributed by atoms with Crippen LogP contribution < -0.4 is 11.2 Å². The van der Waals surface area contributed by atoms with Gasteiger partial charge in [-0.1, -0.05) is 48.5 Å². The van der Waals surface area contributed by atoms with Gasteiger partial charge in [-0.15, -0.1) is 0 Å². The highest BCUT2D eigenvalue weighted by molar-refractivity contribution is 6.07. The molecule has 1 N–H and O–H groups in total. The first kappa shape index (κ1) is 22.4. The SMILES string of the molecule is CCOC(=O)C1C(CN(C)C)=Nc2c(c(=O)[nH]c(=O)n2-c2ccccc2)C1c1ccccc1. The van der Waals surface area contributed by atoms with Gasteiger partial charge in [0.1, 0.15) is 5.92 Å². The van der Waals surface area contributed by atoms with Crippen molar-refractivity contribution in [2.24, 2.45) is 10.9 Å². The monoisotopic (exact) mass is 446 g/mol. The Balaban J connectivity index is 2.08. The number of nitrogens with zero attached hydrogens (tertiary/aromatic N) is 3. The first-order chi connectivity index (χ1) is 15.9. The Morgan fingerprint density at radius 1 is 1.06 bits per heavy atom. The molecular weight excluding hydrogens is 420 g/mol. The number of aliphatic imine (C=N–C) groups is 1. The summed E-state index contributed by atoms with van der Waals surface area (Å²) in [6.07, 6.45) is 0. The van der Waals surface area contributed by atoms with Crippen molar-refractivity contribution in [1.29, 1.82) is 0 Å². The van der Waals surface area contributed by atoms with E-state index >= 15 is 0 Å². The smallest absolute Gasteiger partial charge is 0.334 e. The summed E-state index contributed by atoms with van der Waals surface area (Å²) in [7, 11) is 3.75. The molecule has 2 unspecified atom stereocenters. The van der Waals surface area contributed by atoms with Crippen LogP contribution >= 0.6 is 0 Å². The number of hydrogen-bond acceptors (Lipinski definition) is 6. The number of aromatic nitrogens is 2. The normalized spacial score (nSPS) is 17.4. The molecule has 170 valence electrons. The van der Waals surface area contributed by atoms with Crippen molar-refractivity contribution in [2.45, 2.75) is 12.8 Å². The van der Waals surface area contributed by atoms with E-state index in [2.05, 4.69) is 4.98 Å². The Morgan fingerprint density at radius 3 is 2.30 bits per heavy atom. The van der Waals surface area contributed by atoms with Crippen molar-refractivity contribution in [2.75, 3.05) is 27.2 Å². The van der Waals surface area contributed by atoms with Crippen LogP contribution in [0.5, 0.6) is 0 Å². The highest BCUT2D eigenvalue weighted by Gasteiger charge is 2.43. The number of carbonyl (C=O) groups is 1. The molecule has 0 radical (unpaired) electrons. The molecule has 8 heteroatoms. The molecule has 1 aliphatic heterocycles. The quantitative estimate of drug-likeness (QED) is 0.587. The Labute approximate surface area is 191 Å². The fourth-order valence-electron chi connectivity index (χ4n) is 4.29. The van der Waals surface area contributed by atoms with E-state index in [1.807, 2.05) is 67.5 Å². The average Bonchev–Trinajstić information content (AvgIpc) is 2.79. The van der Waals surface area contributed by atoms with E-state index in [-0.39, 0.29) is 18.0 Å². The number of H-pyrrole nitrogens is 1. The maximum atomic E-state index is 13.2. The summed E-state index contributed by atoms with van der Waals surface area (Å²) < 4.78 is 6.81. The molecule has 1 aromatic heterocycles. The van der Waals surface area contributed by atoms with Gasteiger partial charge in [-0.05, 0) is 38.7 Å². The van der Waals surface area contributed by atoms with Crippen LogP contribution in [0.25, 0.3) is 5.69 Å². The topological polar surface area (TPSA) is 96.8 Å². The molecule has 0 amide bonds. The van der Waals surface area contributed by atoms with Crippen molar-refractivity contribution < 1.29 is 9.53 Å². The fraction of sp³-hybridized carbons (Fsp3) is 0.280. The van der Waals surface area contributed by atoms with Gasteiger partial charge in [0.05, 0.1) is 17.9 Å². The van der Waals surface area contributed by atoms with E-state index in [1.54, 1.807) is 19.1 Å². The minimum absolute atomic E-state index is 0.207. The van der Waals surface area contributed by atoms with E-state index in [0.717, 1.165) is 5.56 Å². The first-order valence-corrected chi connectivity index (χ1v) is 10.8. The summed E-state index contributed by atoms with van der Waals surface area (Å²) in [6, 6.07) is 18.3. The number of hydrogen-bond donors (Lipinski definition) is 1. The van der Waals surface area contributed by atoms with Gasteiger partial charge in [-0.2, -0.15) is 0 Å². The number of nitrogens with one attached hydrogen (secondary N) is 1. The number of benzene rings is 2. The summed E-state index contributed by atoms with van der Waals surface area (Å²) >= 11 is 0. The number of fused-ring (bicyclic) bond motifs is 1. The Hall–Kier alpha value is -3.78. The zero-order valence-corrected chi connectivity index (χ0v) is 18.8. The molecule has 0 bridgehead atoms. The predicted octanol–water partition coefficient (Wildman–Crippen LogP) is 2.48. The fourth-order valence-corrected chi connectivity index (χ4v) is 4.29. The van der Waals surface area contributed by atoms with Gasteiger partial charge in [-0.25, -0.2) is 14.4 Å². The summed E-state index contributed by atoms with van der Waals surface area (Å²) in [5.74, 6) is -1.67. The van der Waals surface area contributed by atoms with Crippen LogP contribution in [-0.2, 0) is 9.53 Å². The summed E-state index contributed by atoms with van der Waals surface area (Å²) in [6.45, 7) is 2.32. The second-order valence-electron chi connectivity index (χ2n) is 8.13. The zero-order valence-electron chi connectivity index (χ0n) is 18.8. The van der Waals surface area contributed by atoms with Crippen molar-refractivity contribution >= 4 is 17.5 Å². The van der Waals surface area contributed by atoms with Crippen molar-refractivity contribution in [3.63, 3.8) is 0 Å². The van der Waals surface area contributed by atoms with Crippen molar-refractivity contribution in [3.05, 3.63) is 92.6 Å². The third-order valence-corrected chi connectivity index (χ3v) is 5.57. The lowest BCUT2D eigenvalue weighted by Gasteiger charge is -2.33. The highest BCUT2D eigenvalue weighted by atomic mass is 16.5. The molecule has 4 rings (SSSR count). The van der Waals surface area contributed by atoms with Crippen molar-refractivity contribution in [1.82, 2.24) is 14.5 Å². The molecule has 1 aliphatic rings. The summed E-state index contributed by atoms with van der Waals surface area (Å²) in [4.78, 5) is 48.5. The van der Waals surface area contributed by atoms with Gasteiger partial charge in [0, 0.05) is 18.2 Å². The lowest BCUT2D eigenvalue weighted by Crippen LogP contribution is -2.44. The van der Waals surface area contributed by atoms with Crippen LogP contribution in [-0.4, -0.2) is 53.4 Å². The average molecular weight is 447 g/mol. The van der Waals surface area contributed by atoms with Gasteiger partial charge in [0.15, 0.2) is 5.82 Å². The summed E-state index contributed by atoms with van der Waals surface area (Å²) in [5, 5.41) is 0. The van der Waals surface area contributed by atoms with Gasteiger partial charge < -0.3 is 9.64 Å². The Bertz CT molecular complexity index is 1290. The molecule has 8 nitrogen and oxygen atoms in total. The number of para-hydroxylation sites is 1. The van der Waals surface area contributed by atoms with Crippen molar-refractivity contribution in [3.8, 4) is 5.69 Å². The molecule has 0 spiro atoms. The van der Waals surface area contributed by atoms with Gasteiger partial charge in [0.25, 0.3) is 5.56 Å². The van der Waals surface area contributed by atoms with E-state index in [0.29, 0.717) is 17.9 Å². The Morgan fingerprint density at radius 2 is 1.70 bits per heavy atom. The standard InChI is InChI=1S/C25H26N4O4/c1-4-33-24(31)20-18(15-28(2)3)26-22-21(19(20)16-11-7-5-8-12-16)23(30)27-25(32)29(22)17-13-9-6-10-14-17/h5-14,19-20H,4,15H2,1-3H3,(H,27,30,32). The van der Waals surface area contributed by atoms with Crippen LogP contribution in [0.1, 0.15) is 24.0 Å². The van der Waals surface area contributed by atoms with Crippen LogP contribution in [0.4, 0.5) is 5.82 Å². The molecule has 2 atom stereocenters. The van der Waals surface area contributed by atoms with E-state index in [1.165, 1.54) is 4.57 Å². The molecule has 0 saturated carbocycles. The second kappa shape index (κ2) is 9.38. The summed E-state index contributed by atoms with van der Waals surface area (Å²) in [5.41, 5.74) is 1.01.